The lowest BCUT2D eigenvalue weighted by Crippen LogP contribution is -2.44. The largest absolute Gasteiger partial charge is 0.494 e. The van der Waals surface area contributed by atoms with Crippen molar-refractivity contribution in [1.82, 2.24) is 29.4 Å². The van der Waals surface area contributed by atoms with E-state index in [4.69, 9.17) is 4.74 Å². The number of halogens is 1. The van der Waals surface area contributed by atoms with Gasteiger partial charge in [0.1, 0.15) is 5.75 Å². The Hall–Kier alpha value is -3.03. The summed E-state index contributed by atoms with van der Waals surface area (Å²) in [5.41, 5.74) is 0.110. The summed E-state index contributed by atoms with van der Waals surface area (Å²) in [6, 6.07) is 3.79. The molecule has 1 aliphatic rings. The molecule has 1 aromatic carbocycles. The van der Waals surface area contributed by atoms with Crippen molar-refractivity contribution >= 4 is 34.7 Å². The summed E-state index contributed by atoms with van der Waals surface area (Å²) in [4.78, 5) is 24.2. The van der Waals surface area contributed by atoms with E-state index in [1.165, 1.54) is 23.4 Å². The highest BCUT2D eigenvalue weighted by Crippen LogP contribution is 2.33. The zero-order chi connectivity index (χ0) is 23.4. The molecule has 0 amide bonds. The van der Waals surface area contributed by atoms with Crippen LogP contribution in [0.2, 0.25) is 0 Å². The number of likely N-dealkylation sites (N-methyl/N-ethyl adjacent to an activating group) is 1. The Labute approximate surface area is 194 Å². The number of methoxy groups -OCH3 is 1. The molecule has 3 heterocycles. The Morgan fingerprint density at radius 2 is 2.06 bits per heavy atom. The molecular formula is C20H25FN8O3S. The average molecular weight is 477 g/mol. The molecular weight excluding hydrogens is 451 g/mol. The molecule has 0 spiro atoms. The number of nitrogens with zero attached hydrogens (tertiary/aromatic N) is 7. The first-order valence-electron chi connectivity index (χ1n) is 10.5. The second-order valence-electron chi connectivity index (χ2n) is 7.66. The van der Waals surface area contributed by atoms with E-state index in [-0.39, 0.29) is 11.4 Å². The zero-order valence-electron chi connectivity index (χ0n) is 18.4. The van der Waals surface area contributed by atoms with Crippen LogP contribution >= 0.6 is 11.8 Å². The molecule has 176 valence electrons. The van der Waals surface area contributed by atoms with E-state index in [0.29, 0.717) is 16.8 Å². The summed E-state index contributed by atoms with van der Waals surface area (Å²) in [5, 5.41) is 18.9. The van der Waals surface area contributed by atoms with Gasteiger partial charge in [0.2, 0.25) is 11.8 Å². The number of thioether (sulfide) groups is 1. The monoisotopic (exact) mass is 476 g/mol. The van der Waals surface area contributed by atoms with Gasteiger partial charge in [-0.2, -0.15) is 19.0 Å². The molecule has 0 aliphatic carbocycles. The van der Waals surface area contributed by atoms with Crippen LogP contribution in [0.1, 0.15) is 6.42 Å². The third-order valence-corrected chi connectivity index (χ3v) is 6.33. The molecule has 4 rings (SSSR count). The van der Waals surface area contributed by atoms with E-state index in [2.05, 4.69) is 37.2 Å². The first-order valence-corrected chi connectivity index (χ1v) is 11.5. The summed E-state index contributed by atoms with van der Waals surface area (Å²) in [7, 11) is 3.50. The Morgan fingerprint density at radius 1 is 1.27 bits per heavy atom. The fourth-order valence-electron chi connectivity index (χ4n) is 3.54. The van der Waals surface area contributed by atoms with E-state index in [9.17, 15) is 14.5 Å². The number of aromatic nitrogens is 4. The number of benzene rings is 1. The molecule has 2 aromatic heterocycles. The van der Waals surface area contributed by atoms with Gasteiger partial charge in [-0.05, 0) is 20.0 Å². The number of ether oxygens (including phenoxy) is 1. The van der Waals surface area contributed by atoms with Crippen molar-refractivity contribution in [3.8, 4) is 5.75 Å². The third kappa shape index (κ3) is 5.49. The predicted octanol–water partition coefficient (Wildman–Crippen LogP) is 2.65. The van der Waals surface area contributed by atoms with Gasteiger partial charge in [-0.15, -0.1) is 0 Å². The summed E-state index contributed by atoms with van der Waals surface area (Å²) in [5.74, 6) is 0.275. The average Bonchev–Trinajstić information content (AvgIpc) is 3.27. The second kappa shape index (κ2) is 10.3. The number of nitrogens with one attached hydrogen (secondary N) is 1. The lowest BCUT2D eigenvalue weighted by molar-refractivity contribution is -0.387. The molecule has 1 aliphatic heterocycles. The topological polar surface area (TPSA) is 114 Å². The maximum Gasteiger partial charge on any atom is 0.307 e. The quantitative estimate of drug-likeness (QED) is 0.214. The van der Waals surface area contributed by atoms with Gasteiger partial charge in [-0.1, -0.05) is 11.8 Å². The van der Waals surface area contributed by atoms with Gasteiger partial charge in [0.05, 0.1) is 23.9 Å². The SMILES string of the molecule is COc1cc(F)c([N+](=O)[O-])cc1Nc1nc(SCCCN2CCN(C)CC2)nc2ccnn12. The molecule has 33 heavy (non-hydrogen) atoms. The van der Waals surface area contributed by atoms with Crippen LogP contribution in [0.3, 0.4) is 0 Å². The lowest BCUT2D eigenvalue weighted by Gasteiger charge is -2.32. The summed E-state index contributed by atoms with van der Waals surface area (Å²) in [6.45, 7) is 5.37. The Kier molecular flexibility index (Phi) is 7.20. The lowest BCUT2D eigenvalue weighted by atomic mass is 10.2. The summed E-state index contributed by atoms with van der Waals surface area (Å²) in [6.07, 6.45) is 2.59. The highest BCUT2D eigenvalue weighted by molar-refractivity contribution is 7.99. The molecule has 0 unspecified atom stereocenters. The minimum absolute atomic E-state index is 0.110. The Balaban J connectivity index is 1.49. The van der Waals surface area contributed by atoms with E-state index in [1.54, 1.807) is 12.3 Å². The van der Waals surface area contributed by atoms with Crippen LogP contribution in [-0.4, -0.2) is 86.9 Å². The van der Waals surface area contributed by atoms with Crippen LogP contribution in [0.15, 0.2) is 29.6 Å². The predicted molar refractivity (Wildman–Crippen MR) is 123 cm³/mol. The maximum atomic E-state index is 14.0. The third-order valence-electron chi connectivity index (χ3n) is 5.39. The molecule has 1 fully saturated rings. The summed E-state index contributed by atoms with van der Waals surface area (Å²) >= 11 is 1.53. The minimum Gasteiger partial charge on any atom is -0.494 e. The molecule has 3 aromatic rings. The van der Waals surface area contributed by atoms with E-state index < -0.39 is 16.4 Å². The molecule has 0 radical (unpaired) electrons. The first kappa shape index (κ1) is 23.1. The Morgan fingerprint density at radius 3 is 2.79 bits per heavy atom. The van der Waals surface area contributed by atoms with E-state index >= 15 is 0 Å². The van der Waals surface area contributed by atoms with Gasteiger partial charge >= 0.3 is 5.69 Å². The number of hydrogen-bond acceptors (Lipinski definition) is 10. The minimum atomic E-state index is -0.981. The smallest absolute Gasteiger partial charge is 0.307 e. The van der Waals surface area contributed by atoms with Crippen LogP contribution in [-0.2, 0) is 0 Å². The van der Waals surface area contributed by atoms with Gasteiger partial charge in [-0.25, -0.2) is 4.98 Å². The molecule has 0 atom stereocenters. The maximum absolute atomic E-state index is 14.0. The molecule has 0 bridgehead atoms. The van der Waals surface area contributed by atoms with Gasteiger partial charge in [0, 0.05) is 50.1 Å². The van der Waals surface area contributed by atoms with Gasteiger partial charge in [0.15, 0.2) is 10.8 Å². The number of nitro benzene ring substituents is 1. The van der Waals surface area contributed by atoms with Gasteiger partial charge < -0.3 is 19.9 Å². The van der Waals surface area contributed by atoms with Gasteiger partial charge in [-0.3, -0.25) is 10.1 Å². The van der Waals surface area contributed by atoms with Crippen LogP contribution in [0.25, 0.3) is 5.65 Å². The Bertz CT molecular complexity index is 1140. The normalized spacial score (nSPS) is 15.1. The van der Waals surface area contributed by atoms with Crippen LogP contribution in [0, 0.1) is 15.9 Å². The molecule has 0 saturated carbocycles. The van der Waals surface area contributed by atoms with Crippen LogP contribution < -0.4 is 10.1 Å². The van der Waals surface area contributed by atoms with Gasteiger partial charge in [0.25, 0.3) is 0 Å². The van der Waals surface area contributed by atoms with Crippen LogP contribution in [0.5, 0.6) is 5.75 Å². The fraction of sp³-hybridized carbons (Fsp3) is 0.450. The van der Waals surface area contributed by atoms with Crippen molar-refractivity contribution in [3.05, 3.63) is 40.3 Å². The van der Waals surface area contributed by atoms with E-state index in [0.717, 1.165) is 57.0 Å². The van der Waals surface area contributed by atoms with Crippen molar-refractivity contribution in [2.45, 2.75) is 11.6 Å². The number of piperazine rings is 1. The van der Waals surface area contributed by atoms with Crippen molar-refractivity contribution in [2.75, 3.05) is 58.0 Å². The second-order valence-corrected chi connectivity index (χ2v) is 8.73. The van der Waals surface area contributed by atoms with Crippen LogP contribution in [0.4, 0.5) is 21.7 Å². The number of hydrogen-bond donors (Lipinski definition) is 1. The molecule has 13 heteroatoms. The van der Waals surface area contributed by atoms with E-state index in [1.807, 2.05) is 0 Å². The summed E-state index contributed by atoms with van der Waals surface area (Å²) < 4.78 is 20.7. The highest BCUT2D eigenvalue weighted by Gasteiger charge is 2.20. The zero-order valence-corrected chi connectivity index (χ0v) is 19.2. The number of nitro groups is 1. The van der Waals surface area contributed by atoms with Crippen molar-refractivity contribution in [3.63, 3.8) is 0 Å². The van der Waals surface area contributed by atoms with Crippen molar-refractivity contribution < 1.29 is 14.1 Å². The number of anilines is 2. The highest BCUT2D eigenvalue weighted by atomic mass is 32.2. The first-order chi connectivity index (χ1) is 15.9. The fourth-order valence-corrected chi connectivity index (χ4v) is 4.31. The van der Waals surface area contributed by atoms with Crippen molar-refractivity contribution in [2.24, 2.45) is 0 Å². The molecule has 1 N–H and O–H groups in total. The van der Waals surface area contributed by atoms with Crippen molar-refractivity contribution in [1.29, 1.82) is 0 Å². The molecule has 11 nitrogen and oxygen atoms in total. The molecule has 1 saturated heterocycles. The number of rotatable bonds is 9. The standard InChI is InChI=1S/C20H25FN8O3S/c1-26-7-9-27(10-8-26)6-3-11-33-20-24-18-4-5-22-28(18)19(25-20)23-15-13-16(29(30)31)14(21)12-17(15)32-2/h4-5,12-13H,3,6-11H2,1-2H3,(H,23,24,25). The number of fused-ring (bicyclic) bond motifs is 1.